The van der Waals surface area contributed by atoms with Gasteiger partial charge in [-0.1, -0.05) is 73.1 Å². The van der Waals surface area contributed by atoms with E-state index in [9.17, 15) is 14.7 Å². The average Bonchev–Trinajstić information content (AvgIpc) is 2.67. The number of rotatable bonds is 9. The van der Waals surface area contributed by atoms with Crippen LogP contribution in [-0.2, 0) is 14.3 Å². The third-order valence-electron chi connectivity index (χ3n) is 7.90. The number of aliphatic carboxylic acids is 1. The fourth-order valence-corrected chi connectivity index (χ4v) is 5.58. The minimum Gasteiger partial charge on any atom is -0.481 e. The lowest BCUT2D eigenvalue weighted by Crippen LogP contribution is -2.42. The molecule has 0 aromatic heterocycles. The third kappa shape index (κ3) is 6.72. The molecule has 0 aliphatic heterocycles. The Bertz CT molecular complexity index is 533. The number of carbonyl (C=O) groups is 2. The highest BCUT2D eigenvalue weighted by Gasteiger charge is 2.43. The lowest BCUT2D eigenvalue weighted by molar-refractivity contribution is -0.170. The van der Waals surface area contributed by atoms with Crippen molar-refractivity contribution in [3.63, 3.8) is 0 Å². The Labute approximate surface area is 178 Å². The van der Waals surface area contributed by atoms with E-state index in [1.54, 1.807) is 0 Å². The Kier molecular flexibility index (Phi) is 9.03. The van der Waals surface area contributed by atoms with Crippen molar-refractivity contribution in [3.05, 3.63) is 0 Å². The molecule has 4 heteroatoms. The van der Waals surface area contributed by atoms with Crippen LogP contribution in [0.4, 0.5) is 0 Å². The highest BCUT2D eigenvalue weighted by molar-refractivity contribution is 5.81. The van der Waals surface area contributed by atoms with Gasteiger partial charge in [-0.05, 0) is 55.3 Å². The minimum absolute atomic E-state index is 0.0359. The van der Waals surface area contributed by atoms with E-state index >= 15 is 0 Å². The predicted molar refractivity (Wildman–Crippen MR) is 117 cm³/mol. The minimum atomic E-state index is -0.843. The van der Waals surface area contributed by atoms with E-state index in [0.29, 0.717) is 12.3 Å². The number of esters is 1. The van der Waals surface area contributed by atoms with Gasteiger partial charge in [-0.15, -0.1) is 0 Å². The fraction of sp³-hybridized carbons (Fsp3) is 0.920. The summed E-state index contributed by atoms with van der Waals surface area (Å²) in [6.07, 6.45) is 11.6. The second-order valence-electron chi connectivity index (χ2n) is 10.6. The predicted octanol–water partition coefficient (Wildman–Crippen LogP) is 6.47. The lowest BCUT2D eigenvalue weighted by Gasteiger charge is -2.39. The van der Waals surface area contributed by atoms with E-state index in [2.05, 4.69) is 27.7 Å². The summed E-state index contributed by atoms with van der Waals surface area (Å²) in [6.45, 7) is 10.9. The summed E-state index contributed by atoms with van der Waals surface area (Å²) < 4.78 is 6.19. The molecule has 4 atom stereocenters. The van der Waals surface area contributed by atoms with Crippen LogP contribution in [0.25, 0.3) is 0 Å². The van der Waals surface area contributed by atoms with Gasteiger partial charge in [0.25, 0.3) is 0 Å². The zero-order chi connectivity index (χ0) is 21.6. The molecular formula is C25H44O4. The normalized spacial score (nSPS) is 31.8. The van der Waals surface area contributed by atoms with Gasteiger partial charge in [-0.25, -0.2) is 0 Å². The van der Waals surface area contributed by atoms with Gasteiger partial charge in [0.1, 0.15) is 6.10 Å². The van der Waals surface area contributed by atoms with Crippen LogP contribution >= 0.6 is 0 Å². The van der Waals surface area contributed by atoms with Gasteiger partial charge in [0.05, 0.1) is 11.8 Å². The van der Waals surface area contributed by atoms with Gasteiger partial charge >= 0.3 is 11.9 Å². The van der Waals surface area contributed by atoms with Crippen molar-refractivity contribution in [2.24, 2.45) is 35.0 Å². The summed E-state index contributed by atoms with van der Waals surface area (Å²) in [7, 11) is 0. The van der Waals surface area contributed by atoms with Crippen molar-refractivity contribution in [2.75, 3.05) is 0 Å². The number of hydrogen-bond donors (Lipinski definition) is 1. The molecule has 4 unspecified atom stereocenters. The van der Waals surface area contributed by atoms with E-state index in [1.807, 2.05) is 6.92 Å². The molecule has 2 aliphatic carbocycles. The molecule has 0 aromatic carbocycles. The quantitative estimate of drug-likeness (QED) is 0.444. The van der Waals surface area contributed by atoms with Crippen molar-refractivity contribution in [3.8, 4) is 0 Å². The molecule has 0 aromatic rings. The molecule has 2 saturated carbocycles. The molecule has 168 valence electrons. The van der Waals surface area contributed by atoms with E-state index in [0.717, 1.165) is 44.4 Å². The van der Waals surface area contributed by atoms with Crippen LogP contribution in [0.3, 0.4) is 0 Å². The number of carboxylic acids is 1. The summed E-state index contributed by atoms with van der Waals surface area (Å²) in [5.74, 6) is -0.907. The van der Waals surface area contributed by atoms with Gasteiger partial charge in [-0.3, -0.25) is 9.59 Å². The smallest absolute Gasteiger partial charge is 0.310 e. The maximum absolute atomic E-state index is 13.2. The number of ether oxygens (including phenoxy) is 1. The van der Waals surface area contributed by atoms with Crippen molar-refractivity contribution < 1.29 is 19.4 Å². The summed E-state index contributed by atoms with van der Waals surface area (Å²) in [5.41, 5.74) is 0.122. The first kappa shape index (κ1) is 24.2. The maximum atomic E-state index is 13.2. The highest BCUT2D eigenvalue weighted by atomic mass is 16.5. The van der Waals surface area contributed by atoms with E-state index in [-0.39, 0.29) is 23.4 Å². The van der Waals surface area contributed by atoms with Gasteiger partial charge in [0.15, 0.2) is 0 Å². The Morgan fingerprint density at radius 1 is 1.07 bits per heavy atom. The Morgan fingerprint density at radius 2 is 1.72 bits per heavy atom. The van der Waals surface area contributed by atoms with Gasteiger partial charge < -0.3 is 9.84 Å². The monoisotopic (exact) mass is 408 g/mol. The molecule has 0 heterocycles. The first-order valence-corrected chi connectivity index (χ1v) is 12.1. The summed E-state index contributed by atoms with van der Waals surface area (Å²) in [6, 6.07) is 0. The molecule has 0 bridgehead atoms. The zero-order valence-corrected chi connectivity index (χ0v) is 19.4. The van der Waals surface area contributed by atoms with Crippen molar-refractivity contribution in [1.29, 1.82) is 0 Å². The van der Waals surface area contributed by atoms with Crippen molar-refractivity contribution >= 4 is 11.9 Å². The molecule has 4 nitrogen and oxygen atoms in total. The average molecular weight is 409 g/mol. The van der Waals surface area contributed by atoms with Crippen LogP contribution in [-0.4, -0.2) is 23.1 Å². The molecular weight excluding hydrogens is 364 g/mol. The molecule has 0 radical (unpaired) electrons. The fourth-order valence-electron chi connectivity index (χ4n) is 5.58. The number of hydrogen-bond acceptors (Lipinski definition) is 3. The van der Waals surface area contributed by atoms with E-state index < -0.39 is 17.8 Å². The van der Waals surface area contributed by atoms with Crippen LogP contribution in [0.15, 0.2) is 0 Å². The van der Waals surface area contributed by atoms with Crippen LogP contribution < -0.4 is 0 Å². The Morgan fingerprint density at radius 3 is 2.28 bits per heavy atom. The summed E-state index contributed by atoms with van der Waals surface area (Å²) >= 11 is 0. The third-order valence-corrected chi connectivity index (χ3v) is 7.90. The standard InChI is InChI=1S/C25H44O4/c1-6-9-18-12-14-19(15-13-18)21(16-25(4,5)7-2)29-24(28)20-11-8-10-17(3)22(20)23(26)27/h17-22H,6-16H2,1-5H3,(H,26,27). The largest absolute Gasteiger partial charge is 0.481 e. The molecule has 0 spiro atoms. The molecule has 2 fully saturated rings. The summed E-state index contributed by atoms with van der Waals surface area (Å²) in [5, 5.41) is 9.71. The van der Waals surface area contributed by atoms with E-state index in [4.69, 9.17) is 4.74 Å². The van der Waals surface area contributed by atoms with Gasteiger partial charge in [-0.2, -0.15) is 0 Å². The van der Waals surface area contributed by atoms with Gasteiger partial charge in [0, 0.05) is 0 Å². The van der Waals surface area contributed by atoms with Crippen molar-refractivity contribution in [1.82, 2.24) is 0 Å². The first-order chi connectivity index (χ1) is 13.7. The first-order valence-electron chi connectivity index (χ1n) is 12.1. The molecule has 2 rings (SSSR count). The number of carboxylic acid groups (broad SMARTS) is 1. The topological polar surface area (TPSA) is 63.6 Å². The van der Waals surface area contributed by atoms with Crippen LogP contribution in [0.1, 0.15) is 105 Å². The second-order valence-corrected chi connectivity index (χ2v) is 10.6. The summed E-state index contributed by atoms with van der Waals surface area (Å²) in [4.78, 5) is 25.0. The Balaban J connectivity index is 2.10. The van der Waals surface area contributed by atoms with Crippen LogP contribution in [0, 0.1) is 35.0 Å². The van der Waals surface area contributed by atoms with Crippen LogP contribution in [0.5, 0.6) is 0 Å². The maximum Gasteiger partial charge on any atom is 0.310 e. The molecule has 0 amide bonds. The number of carbonyl (C=O) groups excluding carboxylic acids is 1. The van der Waals surface area contributed by atoms with Crippen LogP contribution in [0.2, 0.25) is 0 Å². The Hall–Kier alpha value is -1.06. The molecule has 2 aliphatic rings. The van der Waals surface area contributed by atoms with E-state index in [1.165, 1.54) is 25.7 Å². The van der Waals surface area contributed by atoms with Gasteiger partial charge in [0.2, 0.25) is 0 Å². The second kappa shape index (κ2) is 10.8. The molecule has 29 heavy (non-hydrogen) atoms. The lowest BCUT2D eigenvalue weighted by atomic mass is 9.72. The highest BCUT2D eigenvalue weighted by Crippen LogP contribution is 2.41. The molecule has 0 saturated heterocycles. The zero-order valence-electron chi connectivity index (χ0n) is 19.4. The SMILES string of the molecule is CCCC1CCC(C(CC(C)(C)CC)OC(=O)C2CCCC(C)C2C(=O)O)CC1. The van der Waals surface area contributed by atoms with Crippen molar-refractivity contribution in [2.45, 2.75) is 111 Å². The molecule has 1 N–H and O–H groups in total.